The van der Waals surface area contributed by atoms with Gasteiger partial charge in [-0.1, -0.05) is 48.5 Å². The summed E-state index contributed by atoms with van der Waals surface area (Å²) in [4.78, 5) is 64.8. The van der Waals surface area contributed by atoms with Crippen molar-refractivity contribution in [2.45, 2.75) is 0 Å². The number of aromatic nitrogens is 4. The summed E-state index contributed by atoms with van der Waals surface area (Å²) in [6, 6.07) is 45.1. The molecule has 4 aromatic heterocycles. The first-order valence-electron chi connectivity index (χ1n) is 20.2. The lowest BCUT2D eigenvalue weighted by molar-refractivity contribution is 0.0592. The molecule has 4 N–H and O–H groups in total. The van der Waals surface area contributed by atoms with E-state index in [9.17, 15) is 19.2 Å². The molecular weight excluding hydrogens is 809 g/mol. The predicted octanol–water partition coefficient (Wildman–Crippen LogP) is 5.45. The largest absolute Gasteiger partial charge is 0.465 e. The van der Waals surface area contributed by atoms with Gasteiger partial charge in [0.1, 0.15) is 0 Å². The molecule has 1 aliphatic heterocycles. The molecular formula is C52H40N4O8. The van der Waals surface area contributed by atoms with Crippen LogP contribution in [0.25, 0.3) is 22.3 Å². The summed E-state index contributed by atoms with van der Waals surface area (Å²) >= 11 is 0. The second-order valence-corrected chi connectivity index (χ2v) is 14.9. The van der Waals surface area contributed by atoms with E-state index in [1.807, 2.05) is 97.1 Å². The fourth-order valence-corrected chi connectivity index (χ4v) is 8.13. The Bertz CT molecular complexity index is 2920. The van der Waals surface area contributed by atoms with Gasteiger partial charge in [0.05, 0.1) is 50.7 Å². The minimum atomic E-state index is -0.442. The molecule has 5 heterocycles. The van der Waals surface area contributed by atoms with Gasteiger partial charge in [-0.2, -0.15) is 0 Å². The molecule has 0 fully saturated rings. The van der Waals surface area contributed by atoms with Crippen LogP contribution in [0.3, 0.4) is 0 Å². The Labute approximate surface area is 365 Å². The molecule has 8 bridgehead atoms. The number of esters is 4. The van der Waals surface area contributed by atoms with Crippen LogP contribution in [0.1, 0.15) is 86.5 Å². The molecule has 0 amide bonds. The van der Waals surface area contributed by atoms with Crippen molar-refractivity contribution < 1.29 is 38.1 Å². The van der Waals surface area contributed by atoms with Gasteiger partial charge >= 0.3 is 23.9 Å². The highest BCUT2D eigenvalue weighted by Crippen LogP contribution is 2.29. The lowest BCUT2D eigenvalue weighted by Crippen LogP contribution is -2.19. The van der Waals surface area contributed by atoms with Crippen LogP contribution in [0.15, 0.2) is 146 Å². The highest BCUT2D eigenvalue weighted by molar-refractivity contribution is 5.93. The number of carbonyl (C=O) groups is 4. The first kappa shape index (κ1) is 40.7. The van der Waals surface area contributed by atoms with E-state index in [1.165, 1.54) is 28.4 Å². The van der Waals surface area contributed by atoms with Crippen LogP contribution < -0.4 is 21.4 Å². The van der Waals surface area contributed by atoms with Crippen molar-refractivity contribution >= 4 is 46.2 Å². The van der Waals surface area contributed by atoms with Crippen molar-refractivity contribution in [3.8, 4) is 0 Å². The molecule has 0 saturated heterocycles. The molecule has 1 aliphatic rings. The Morgan fingerprint density at radius 1 is 0.281 bits per heavy atom. The van der Waals surface area contributed by atoms with Crippen molar-refractivity contribution in [3.63, 3.8) is 0 Å². The van der Waals surface area contributed by atoms with Crippen LogP contribution in [-0.4, -0.2) is 72.3 Å². The molecule has 9 rings (SSSR count). The fraction of sp³-hybridized carbons (Fsp3) is 0.0769. The maximum absolute atomic E-state index is 12.5. The topological polar surface area (TPSA) is 168 Å². The average molecular weight is 849 g/mol. The molecule has 8 aromatic rings. The minimum absolute atomic E-state index is 0.414. The standard InChI is InChI=1S/C52H40N4O8/c1-61-49(57)33-13-5-29(6-14-33)45-37-21-23-39(53-37)46(30-7-15-34(16-8-30)50(58)62-2)41-25-27-43(55-41)48(32-11-19-36(20-12-32)52(60)64-4)44-28-26-42(56-44)47(40-24-22-38(45)54-40)31-9-17-35(18-10-31)51(59)63-3/h5-28,53-56H,1-4H3/b45-37-,45-38?,46-39-,46-41?,47-40?,47-42-,48-43?,48-44-. The number of benzene rings is 4. The first-order chi connectivity index (χ1) is 31.2. The summed E-state index contributed by atoms with van der Waals surface area (Å²) in [6.07, 6.45) is 0. The molecule has 316 valence electrons. The highest BCUT2D eigenvalue weighted by atomic mass is 16.5. The lowest BCUT2D eigenvalue weighted by Gasteiger charge is -2.11. The number of fused-ring (bicyclic) bond motifs is 8. The normalized spacial score (nSPS) is 15.6. The molecule has 0 saturated carbocycles. The Balaban J connectivity index is 1.37. The zero-order valence-corrected chi connectivity index (χ0v) is 35.1. The summed E-state index contributed by atoms with van der Waals surface area (Å²) in [6.45, 7) is 0. The quantitative estimate of drug-likeness (QED) is 0.116. The van der Waals surface area contributed by atoms with Crippen molar-refractivity contribution in [1.29, 1.82) is 0 Å². The van der Waals surface area contributed by atoms with Crippen LogP contribution in [0.2, 0.25) is 0 Å². The second-order valence-electron chi connectivity index (χ2n) is 14.9. The minimum Gasteiger partial charge on any atom is -0.465 e. The highest BCUT2D eigenvalue weighted by Gasteiger charge is 2.20. The van der Waals surface area contributed by atoms with E-state index >= 15 is 0 Å². The van der Waals surface area contributed by atoms with E-state index in [0.29, 0.717) is 22.3 Å². The van der Waals surface area contributed by atoms with E-state index in [2.05, 4.69) is 19.9 Å². The van der Waals surface area contributed by atoms with Gasteiger partial charge in [-0.3, -0.25) is 0 Å². The van der Waals surface area contributed by atoms with Crippen molar-refractivity contribution in [3.05, 3.63) is 234 Å². The predicted molar refractivity (Wildman–Crippen MR) is 239 cm³/mol. The Hall–Kier alpha value is -8.64. The summed E-state index contributed by atoms with van der Waals surface area (Å²) in [5, 5.41) is 3.11. The average Bonchev–Trinajstić information content (AvgIpc) is 4.20. The Kier molecular flexibility index (Phi) is 10.8. The third-order valence-corrected chi connectivity index (χ3v) is 11.3. The summed E-state index contributed by atoms with van der Waals surface area (Å²) in [7, 11) is 5.41. The van der Waals surface area contributed by atoms with Crippen LogP contribution in [0.4, 0.5) is 0 Å². The number of H-pyrrole nitrogens is 4. The van der Waals surface area contributed by atoms with Gasteiger partial charge < -0.3 is 38.9 Å². The van der Waals surface area contributed by atoms with Crippen LogP contribution in [0, 0.1) is 0 Å². The van der Waals surface area contributed by atoms with Gasteiger partial charge in [-0.15, -0.1) is 0 Å². The third kappa shape index (κ3) is 7.53. The first-order valence-corrected chi connectivity index (χ1v) is 20.2. The maximum atomic E-state index is 12.5. The lowest BCUT2D eigenvalue weighted by atomic mass is 10.0. The van der Waals surface area contributed by atoms with Gasteiger partial charge in [0.2, 0.25) is 0 Å². The monoisotopic (exact) mass is 848 g/mol. The van der Waals surface area contributed by atoms with Crippen molar-refractivity contribution in [1.82, 2.24) is 19.9 Å². The van der Waals surface area contributed by atoms with E-state index in [1.54, 1.807) is 48.5 Å². The number of carbonyl (C=O) groups excluding carboxylic acids is 4. The molecule has 12 heteroatoms. The number of aromatic amines is 4. The summed E-state index contributed by atoms with van der Waals surface area (Å²) < 4.78 is 20.0. The van der Waals surface area contributed by atoms with Gasteiger partial charge in [-0.25, -0.2) is 19.2 Å². The molecule has 0 spiro atoms. The van der Waals surface area contributed by atoms with E-state index in [0.717, 1.165) is 88.7 Å². The number of nitrogens with one attached hydrogen (secondary N) is 4. The van der Waals surface area contributed by atoms with E-state index in [-0.39, 0.29) is 0 Å². The number of ether oxygens (including phenoxy) is 4. The van der Waals surface area contributed by atoms with E-state index in [4.69, 9.17) is 18.9 Å². The summed E-state index contributed by atoms with van der Waals surface area (Å²) in [5.74, 6) is -1.77. The second kappa shape index (κ2) is 17.0. The van der Waals surface area contributed by atoms with Gasteiger partial charge in [-0.05, 0) is 119 Å². The number of hydrogen-bond acceptors (Lipinski definition) is 8. The molecule has 0 atom stereocenters. The van der Waals surface area contributed by atoms with Gasteiger partial charge in [0.15, 0.2) is 0 Å². The zero-order chi connectivity index (χ0) is 44.5. The fourth-order valence-electron chi connectivity index (χ4n) is 8.13. The third-order valence-electron chi connectivity index (χ3n) is 11.3. The smallest absolute Gasteiger partial charge is 0.337 e. The van der Waals surface area contributed by atoms with Crippen LogP contribution in [0.5, 0.6) is 0 Å². The Morgan fingerprint density at radius 3 is 0.672 bits per heavy atom. The molecule has 0 aliphatic carbocycles. The molecule has 12 nitrogen and oxygen atoms in total. The molecule has 0 unspecified atom stereocenters. The molecule has 64 heavy (non-hydrogen) atoms. The SMILES string of the molecule is COC(=O)c1ccc(/C2=c3\cc/c([nH]3)=C(\c3ccc(C(=O)OC)cc3)c3ccc([nH]3)/C(c3ccc(C(=O)OC)cc3)=c3/cc/c([nH]3)=C(\c3ccc(C(=O)OC)cc3)c3ccc2[nH]3)cc1. The molecule has 4 aromatic carbocycles. The van der Waals surface area contributed by atoms with Crippen LogP contribution in [-0.2, 0) is 18.9 Å². The zero-order valence-electron chi connectivity index (χ0n) is 35.1. The molecule has 0 radical (unpaired) electrons. The number of rotatable bonds is 8. The van der Waals surface area contributed by atoms with Crippen molar-refractivity contribution in [2.24, 2.45) is 0 Å². The van der Waals surface area contributed by atoms with Gasteiger partial charge in [0, 0.05) is 66.5 Å². The van der Waals surface area contributed by atoms with Crippen molar-refractivity contribution in [2.75, 3.05) is 28.4 Å². The van der Waals surface area contributed by atoms with Crippen LogP contribution >= 0.6 is 0 Å². The maximum Gasteiger partial charge on any atom is 0.337 e. The number of hydrogen-bond donors (Lipinski definition) is 4. The van der Waals surface area contributed by atoms with E-state index < -0.39 is 23.9 Å². The Morgan fingerprint density at radius 2 is 0.484 bits per heavy atom. The number of methoxy groups -OCH3 is 4. The summed E-state index contributed by atoms with van der Waals surface area (Å²) in [5.41, 5.74) is 11.4. The van der Waals surface area contributed by atoms with Gasteiger partial charge in [0.25, 0.3) is 0 Å².